The van der Waals surface area contributed by atoms with E-state index in [1.165, 1.54) is 4.88 Å². The number of aryl methyl sites for hydroxylation is 3. The molecule has 5 nitrogen and oxygen atoms in total. The van der Waals surface area contributed by atoms with Crippen molar-refractivity contribution in [2.24, 2.45) is 0 Å². The van der Waals surface area contributed by atoms with Crippen LogP contribution < -0.4 is 5.32 Å². The van der Waals surface area contributed by atoms with E-state index in [9.17, 15) is 0 Å². The molecule has 0 atom stereocenters. The van der Waals surface area contributed by atoms with E-state index in [0.717, 1.165) is 29.2 Å². The molecule has 96 valence electrons. The Morgan fingerprint density at radius 3 is 2.56 bits per heavy atom. The van der Waals surface area contributed by atoms with Crippen molar-refractivity contribution in [3.8, 4) is 0 Å². The first-order valence-corrected chi connectivity index (χ1v) is 6.92. The number of aromatic nitrogens is 4. The van der Waals surface area contributed by atoms with E-state index in [1.54, 1.807) is 11.3 Å². The summed E-state index contributed by atoms with van der Waals surface area (Å²) in [5.41, 5.74) is 2.00. The molecule has 0 bridgehead atoms. The number of hydrogen-bond acceptors (Lipinski definition) is 6. The Morgan fingerprint density at radius 2 is 1.94 bits per heavy atom. The summed E-state index contributed by atoms with van der Waals surface area (Å²) in [4.78, 5) is 9.97. The molecule has 6 heteroatoms. The van der Waals surface area contributed by atoms with Crippen LogP contribution in [0, 0.1) is 6.92 Å². The zero-order valence-corrected chi connectivity index (χ0v) is 11.7. The Balaban J connectivity index is 2.05. The molecule has 2 heterocycles. The minimum atomic E-state index is 0.580. The molecular weight excluding hydrogens is 246 g/mol. The zero-order chi connectivity index (χ0) is 13.0. The van der Waals surface area contributed by atoms with Crippen LogP contribution in [0.5, 0.6) is 0 Å². The fraction of sp³-hybridized carbons (Fsp3) is 0.500. The third-order valence-corrected chi connectivity index (χ3v) is 3.49. The summed E-state index contributed by atoms with van der Waals surface area (Å²) in [6.07, 6.45) is 3.62. The smallest absolute Gasteiger partial charge is 0.243 e. The predicted molar refractivity (Wildman–Crippen MR) is 72.8 cm³/mol. The summed E-state index contributed by atoms with van der Waals surface area (Å²) in [7, 11) is 0. The summed E-state index contributed by atoms with van der Waals surface area (Å²) in [6.45, 7) is 6.84. The van der Waals surface area contributed by atoms with Gasteiger partial charge in [-0.15, -0.1) is 16.4 Å². The molecule has 0 aliphatic carbocycles. The van der Waals surface area contributed by atoms with Crippen molar-refractivity contribution in [1.29, 1.82) is 0 Å². The van der Waals surface area contributed by atoms with Crippen LogP contribution in [0.4, 0.5) is 5.95 Å². The Bertz CT molecular complexity index is 523. The van der Waals surface area contributed by atoms with Gasteiger partial charge < -0.3 is 5.32 Å². The van der Waals surface area contributed by atoms with Crippen molar-refractivity contribution in [2.75, 3.05) is 5.32 Å². The first-order valence-electron chi connectivity index (χ1n) is 6.10. The lowest BCUT2D eigenvalue weighted by Gasteiger charge is -2.06. The second-order valence-electron chi connectivity index (χ2n) is 3.95. The first kappa shape index (κ1) is 12.9. The number of rotatable bonds is 5. The Morgan fingerprint density at radius 1 is 1.17 bits per heavy atom. The van der Waals surface area contributed by atoms with Gasteiger partial charge in [0, 0.05) is 11.1 Å². The summed E-state index contributed by atoms with van der Waals surface area (Å²) in [5, 5.41) is 12.5. The van der Waals surface area contributed by atoms with Gasteiger partial charge in [-0.1, -0.05) is 13.8 Å². The van der Waals surface area contributed by atoms with Crippen LogP contribution in [0.15, 0.2) is 6.20 Å². The van der Waals surface area contributed by atoms with Crippen LogP contribution in [-0.2, 0) is 19.4 Å². The topological polar surface area (TPSA) is 63.6 Å². The first-order chi connectivity index (χ1) is 8.72. The van der Waals surface area contributed by atoms with E-state index in [2.05, 4.69) is 39.3 Å². The highest BCUT2D eigenvalue weighted by Crippen LogP contribution is 2.13. The fourth-order valence-corrected chi connectivity index (χ4v) is 2.38. The summed E-state index contributed by atoms with van der Waals surface area (Å²) in [5.74, 6) is 0.580. The third-order valence-electron chi connectivity index (χ3n) is 2.58. The summed E-state index contributed by atoms with van der Waals surface area (Å²) < 4.78 is 0. The SMILES string of the molecule is CCc1nnc(NCc2ncc(C)s2)nc1CC. The Kier molecular flexibility index (Phi) is 4.19. The summed E-state index contributed by atoms with van der Waals surface area (Å²) in [6, 6.07) is 0. The normalized spacial score (nSPS) is 10.6. The second-order valence-corrected chi connectivity index (χ2v) is 5.27. The minimum Gasteiger partial charge on any atom is -0.346 e. The second kappa shape index (κ2) is 5.86. The van der Waals surface area contributed by atoms with Crippen molar-refractivity contribution in [2.45, 2.75) is 40.2 Å². The van der Waals surface area contributed by atoms with Gasteiger partial charge in [0.1, 0.15) is 5.01 Å². The molecule has 0 aromatic carbocycles. The molecule has 1 N–H and O–H groups in total. The maximum Gasteiger partial charge on any atom is 0.243 e. The molecule has 2 aromatic rings. The Hall–Kier alpha value is -1.56. The van der Waals surface area contributed by atoms with E-state index in [1.807, 2.05) is 13.1 Å². The number of anilines is 1. The predicted octanol–water partition coefficient (Wildman–Crippen LogP) is 2.37. The molecule has 0 aliphatic rings. The van der Waals surface area contributed by atoms with Crippen molar-refractivity contribution in [3.05, 3.63) is 27.5 Å². The van der Waals surface area contributed by atoms with Gasteiger partial charge in [-0.05, 0) is 19.8 Å². The van der Waals surface area contributed by atoms with Crippen LogP contribution in [0.3, 0.4) is 0 Å². The molecule has 2 aromatic heterocycles. The number of thiazole rings is 1. The van der Waals surface area contributed by atoms with Gasteiger partial charge in [-0.2, -0.15) is 5.10 Å². The molecular formula is C12H17N5S. The highest BCUT2D eigenvalue weighted by molar-refractivity contribution is 7.11. The lowest BCUT2D eigenvalue weighted by Crippen LogP contribution is -2.09. The molecule has 0 unspecified atom stereocenters. The number of nitrogens with one attached hydrogen (secondary N) is 1. The zero-order valence-electron chi connectivity index (χ0n) is 10.9. The van der Waals surface area contributed by atoms with Crippen molar-refractivity contribution >= 4 is 17.3 Å². The van der Waals surface area contributed by atoms with Crippen molar-refractivity contribution in [1.82, 2.24) is 20.2 Å². The van der Waals surface area contributed by atoms with Crippen LogP contribution in [0.2, 0.25) is 0 Å². The lowest BCUT2D eigenvalue weighted by atomic mass is 10.2. The van der Waals surface area contributed by atoms with Crippen LogP contribution in [-0.4, -0.2) is 20.2 Å². The quantitative estimate of drug-likeness (QED) is 0.897. The molecule has 0 spiro atoms. The average Bonchev–Trinajstić information content (AvgIpc) is 2.81. The highest BCUT2D eigenvalue weighted by atomic mass is 32.1. The van der Waals surface area contributed by atoms with Gasteiger partial charge in [0.2, 0.25) is 5.95 Å². The molecule has 18 heavy (non-hydrogen) atoms. The largest absolute Gasteiger partial charge is 0.346 e. The van der Waals surface area contributed by atoms with Crippen LogP contribution in [0.1, 0.15) is 35.1 Å². The van der Waals surface area contributed by atoms with Crippen molar-refractivity contribution < 1.29 is 0 Å². The monoisotopic (exact) mass is 263 g/mol. The highest BCUT2D eigenvalue weighted by Gasteiger charge is 2.06. The van der Waals surface area contributed by atoms with E-state index >= 15 is 0 Å². The average molecular weight is 263 g/mol. The van der Waals surface area contributed by atoms with Gasteiger partial charge in [0.05, 0.1) is 17.9 Å². The standard InChI is InChI=1S/C12H17N5S/c1-4-9-10(5-2)16-17-12(15-9)14-7-11-13-6-8(3)18-11/h6H,4-5,7H2,1-3H3,(H,14,15,17). The molecule has 0 saturated carbocycles. The summed E-state index contributed by atoms with van der Waals surface area (Å²) >= 11 is 1.68. The van der Waals surface area contributed by atoms with Crippen LogP contribution >= 0.6 is 11.3 Å². The third kappa shape index (κ3) is 3.01. The Labute approximate surface area is 111 Å². The van der Waals surface area contributed by atoms with Gasteiger partial charge in [0.15, 0.2) is 0 Å². The molecule has 0 radical (unpaired) electrons. The molecule has 0 aliphatic heterocycles. The van der Waals surface area contributed by atoms with Crippen LogP contribution in [0.25, 0.3) is 0 Å². The maximum atomic E-state index is 4.48. The molecule has 0 amide bonds. The van der Waals surface area contributed by atoms with E-state index < -0.39 is 0 Å². The molecule has 0 fully saturated rings. The maximum absolute atomic E-state index is 4.48. The van der Waals surface area contributed by atoms with Gasteiger partial charge in [0.25, 0.3) is 0 Å². The van der Waals surface area contributed by atoms with E-state index in [-0.39, 0.29) is 0 Å². The number of nitrogens with zero attached hydrogens (tertiary/aromatic N) is 4. The van der Waals surface area contributed by atoms with E-state index in [4.69, 9.17) is 0 Å². The van der Waals surface area contributed by atoms with Gasteiger partial charge >= 0.3 is 0 Å². The fourth-order valence-electron chi connectivity index (χ4n) is 1.65. The number of hydrogen-bond donors (Lipinski definition) is 1. The van der Waals surface area contributed by atoms with E-state index in [0.29, 0.717) is 12.5 Å². The minimum absolute atomic E-state index is 0.580. The molecule has 2 rings (SSSR count). The molecule has 0 saturated heterocycles. The van der Waals surface area contributed by atoms with Crippen molar-refractivity contribution in [3.63, 3.8) is 0 Å². The van der Waals surface area contributed by atoms with Gasteiger partial charge in [-0.25, -0.2) is 9.97 Å². The van der Waals surface area contributed by atoms with Gasteiger partial charge in [-0.3, -0.25) is 0 Å². The lowest BCUT2D eigenvalue weighted by molar-refractivity contribution is 0.819.